The second-order valence-corrected chi connectivity index (χ2v) is 4.87. The summed E-state index contributed by atoms with van der Waals surface area (Å²) in [6.07, 6.45) is 0.627. The van der Waals surface area contributed by atoms with Crippen LogP contribution in [0, 0.1) is 11.3 Å². The second kappa shape index (κ2) is 5.17. The van der Waals surface area contributed by atoms with Crippen LogP contribution in [0.25, 0.3) is 0 Å². The molecule has 90 valence electrons. The molecule has 0 saturated carbocycles. The standard InChI is InChI=1S/C11H18N2O3/c1-11(2,3)16-10(14)13-8-4-5-9(6-12)15-7-8/h8-9H,4-5,7H2,1-3H3,(H,13,14)/t8-,9+/m1/s1. The highest BCUT2D eigenvalue weighted by Crippen LogP contribution is 2.14. The van der Waals surface area contributed by atoms with Gasteiger partial charge in [-0.15, -0.1) is 0 Å². The first kappa shape index (κ1) is 12.8. The van der Waals surface area contributed by atoms with E-state index in [0.29, 0.717) is 13.0 Å². The molecular formula is C11H18N2O3. The highest BCUT2D eigenvalue weighted by atomic mass is 16.6. The van der Waals surface area contributed by atoms with Gasteiger partial charge in [-0.25, -0.2) is 4.79 Å². The average molecular weight is 226 g/mol. The second-order valence-electron chi connectivity index (χ2n) is 4.87. The van der Waals surface area contributed by atoms with Crippen molar-refractivity contribution in [1.29, 1.82) is 5.26 Å². The third kappa shape index (κ3) is 4.49. The van der Waals surface area contributed by atoms with Crippen LogP contribution >= 0.6 is 0 Å². The fourth-order valence-corrected chi connectivity index (χ4v) is 1.44. The van der Waals surface area contributed by atoms with E-state index in [1.165, 1.54) is 0 Å². The van der Waals surface area contributed by atoms with Crippen molar-refractivity contribution < 1.29 is 14.3 Å². The van der Waals surface area contributed by atoms with E-state index in [-0.39, 0.29) is 12.1 Å². The summed E-state index contributed by atoms with van der Waals surface area (Å²) in [6, 6.07) is 1.99. The van der Waals surface area contributed by atoms with Crippen LogP contribution in [0.4, 0.5) is 4.79 Å². The van der Waals surface area contributed by atoms with Gasteiger partial charge in [-0.1, -0.05) is 0 Å². The van der Waals surface area contributed by atoms with Gasteiger partial charge in [0.2, 0.25) is 0 Å². The summed E-state index contributed by atoms with van der Waals surface area (Å²) < 4.78 is 10.4. The first-order chi connectivity index (χ1) is 7.40. The van der Waals surface area contributed by atoms with E-state index in [4.69, 9.17) is 14.7 Å². The predicted molar refractivity (Wildman–Crippen MR) is 57.7 cm³/mol. The maximum Gasteiger partial charge on any atom is 0.407 e. The Morgan fingerprint density at radius 3 is 2.62 bits per heavy atom. The minimum atomic E-state index is -0.491. The first-order valence-corrected chi connectivity index (χ1v) is 5.41. The molecule has 5 nitrogen and oxygen atoms in total. The minimum absolute atomic E-state index is 0.0561. The van der Waals surface area contributed by atoms with Crippen LogP contribution in [-0.2, 0) is 9.47 Å². The van der Waals surface area contributed by atoms with E-state index < -0.39 is 11.7 Å². The molecule has 1 heterocycles. The van der Waals surface area contributed by atoms with Gasteiger partial charge in [0, 0.05) is 0 Å². The Morgan fingerprint density at radius 2 is 2.19 bits per heavy atom. The molecule has 1 saturated heterocycles. The molecule has 0 aromatic rings. The third-order valence-corrected chi connectivity index (χ3v) is 2.14. The molecule has 2 atom stereocenters. The molecule has 1 aliphatic rings. The van der Waals surface area contributed by atoms with Gasteiger partial charge < -0.3 is 14.8 Å². The van der Waals surface area contributed by atoms with Crippen LogP contribution in [0.3, 0.4) is 0 Å². The van der Waals surface area contributed by atoms with E-state index in [0.717, 1.165) is 6.42 Å². The van der Waals surface area contributed by atoms with Crippen molar-refractivity contribution in [2.24, 2.45) is 0 Å². The van der Waals surface area contributed by atoms with Crippen LogP contribution < -0.4 is 5.32 Å². The molecule has 0 aromatic heterocycles. The zero-order chi connectivity index (χ0) is 12.2. The lowest BCUT2D eigenvalue weighted by Gasteiger charge is -2.27. The third-order valence-electron chi connectivity index (χ3n) is 2.14. The Morgan fingerprint density at radius 1 is 1.50 bits per heavy atom. The summed E-state index contributed by atoms with van der Waals surface area (Å²) in [5.74, 6) is 0. The van der Waals surface area contributed by atoms with Gasteiger partial charge >= 0.3 is 6.09 Å². The maximum absolute atomic E-state index is 11.4. The number of carbonyl (C=O) groups is 1. The number of carbonyl (C=O) groups excluding carboxylic acids is 1. The summed E-state index contributed by atoms with van der Waals surface area (Å²) in [4.78, 5) is 11.4. The molecular weight excluding hydrogens is 208 g/mol. The van der Waals surface area contributed by atoms with Crippen LogP contribution in [0.5, 0.6) is 0 Å². The number of amides is 1. The van der Waals surface area contributed by atoms with Gasteiger partial charge in [0.25, 0.3) is 0 Å². The van der Waals surface area contributed by atoms with E-state index in [9.17, 15) is 4.79 Å². The summed E-state index contributed by atoms with van der Waals surface area (Å²) in [7, 11) is 0. The normalized spacial score (nSPS) is 25.6. The maximum atomic E-state index is 11.4. The number of rotatable bonds is 1. The molecule has 5 heteroatoms. The average Bonchev–Trinajstić information content (AvgIpc) is 2.16. The highest BCUT2D eigenvalue weighted by molar-refractivity contribution is 5.68. The lowest BCUT2D eigenvalue weighted by atomic mass is 10.1. The topological polar surface area (TPSA) is 71.3 Å². The van der Waals surface area contributed by atoms with Crippen molar-refractivity contribution in [3.63, 3.8) is 0 Å². The van der Waals surface area contributed by atoms with Crippen molar-refractivity contribution in [3.8, 4) is 6.07 Å². The van der Waals surface area contributed by atoms with Crippen molar-refractivity contribution >= 4 is 6.09 Å². The summed E-state index contributed by atoms with van der Waals surface area (Å²) in [5.41, 5.74) is -0.491. The predicted octanol–water partition coefficient (Wildman–Crippen LogP) is 1.58. The number of hydrogen-bond acceptors (Lipinski definition) is 4. The molecule has 16 heavy (non-hydrogen) atoms. The van der Waals surface area contributed by atoms with E-state index in [1.807, 2.05) is 26.8 Å². The zero-order valence-electron chi connectivity index (χ0n) is 9.95. The van der Waals surface area contributed by atoms with Crippen molar-refractivity contribution in [1.82, 2.24) is 5.32 Å². The Balaban J connectivity index is 2.29. The molecule has 1 rings (SSSR count). The van der Waals surface area contributed by atoms with E-state index in [2.05, 4.69) is 5.32 Å². The summed E-state index contributed by atoms with van der Waals surface area (Å²) in [5, 5.41) is 11.3. The van der Waals surface area contributed by atoms with Crippen LogP contribution in [0.15, 0.2) is 0 Å². The first-order valence-electron chi connectivity index (χ1n) is 5.41. The van der Waals surface area contributed by atoms with Gasteiger partial charge in [0.1, 0.15) is 11.7 Å². The summed E-state index contributed by atoms with van der Waals surface area (Å²) >= 11 is 0. The minimum Gasteiger partial charge on any atom is -0.444 e. The van der Waals surface area contributed by atoms with E-state index in [1.54, 1.807) is 0 Å². The molecule has 1 aliphatic heterocycles. The van der Waals surface area contributed by atoms with Crippen LogP contribution in [0.1, 0.15) is 33.6 Å². The SMILES string of the molecule is CC(C)(C)OC(=O)N[C@@H]1CC[C@@H](C#N)OC1. The lowest BCUT2D eigenvalue weighted by molar-refractivity contribution is 0.0162. The van der Waals surface area contributed by atoms with Gasteiger partial charge in [-0.05, 0) is 33.6 Å². The Bertz CT molecular complexity index is 283. The number of hydrogen-bond donors (Lipinski definition) is 1. The lowest BCUT2D eigenvalue weighted by Crippen LogP contribution is -2.44. The van der Waals surface area contributed by atoms with Gasteiger partial charge in [-0.3, -0.25) is 0 Å². The van der Waals surface area contributed by atoms with Gasteiger partial charge in [0.15, 0.2) is 0 Å². The number of ether oxygens (including phenoxy) is 2. The van der Waals surface area contributed by atoms with Crippen molar-refractivity contribution in [2.45, 2.75) is 51.4 Å². The molecule has 0 aliphatic carbocycles. The Hall–Kier alpha value is -1.28. The fraction of sp³-hybridized carbons (Fsp3) is 0.818. The van der Waals surface area contributed by atoms with Crippen LogP contribution in [-0.4, -0.2) is 30.4 Å². The molecule has 1 amide bonds. The number of nitriles is 1. The molecule has 0 aromatic carbocycles. The number of nitrogens with zero attached hydrogens (tertiary/aromatic N) is 1. The smallest absolute Gasteiger partial charge is 0.407 e. The van der Waals surface area contributed by atoms with Crippen molar-refractivity contribution in [3.05, 3.63) is 0 Å². The van der Waals surface area contributed by atoms with Gasteiger partial charge in [0.05, 0.1) is 18.7 Å². The summed E-state index contributed by atoms with van der Waals surface area (Å²) in [6.45, 7) is 5.82. The largest absolute Gasteiger partial charge is 0.444 e. The molecule has 0 bridgehead atoms. The number of alkyl carbamates (subject to hydrolysis) is 1. The van der Waals surface area contributed by atoms with Gasteiger partial charge in [-0.2, -0.15) is 5.26 Å². The molecule has 0 unspecified atom stereocenters. The molecule has 1 fully saturated rings. The molecule has 0 radical (unpaired) electrons. The zero-order valence-corrected chi connectivity index (χ0v) is 9.95. The van der Waals surface area contributed by atoms with Crippen molar-refractivity contribution in [2.75, 3.05) is 6.61 Å². The Labute approximate surface area is 95.7 Å². The quantitative estimate of drug-likeness (QED) is 0.736. The Kier molecular flexibility index (Phi) is 4.13. The number of nitrogens with one attached hydrogen (secondary N) is 1. The molecule has 1 N–H and O–H groups in total. The van der Waals surface area contributed by atoms with Crippen LogP contribution in [0.2, 0.25) is 0 Å². The molecule has 0 spiro atoms. The fourth-order valence-electron chi connectivity index (χ4n) is 1.44. The monoisotopic (exact) mass is 226 g/mol. The van der Waals surface area contributed by atoms with E-state index >= 15 is 0 Å². The highest BCUT2D eigenvalue weighted by Gasteiger charge is 2.24.